The third-order valence-corrected chi connectivity index (χ3v) is 6.41. The maximum absolute atomic E-state index is 5.87. The highest BCUT2D eigenvalue weighted by molar-refractivity contribution is 6.16. The van der Waals surface area contributed by atoms with E-state index in [1.807, 2.05) is 12.1 Å². The molecule has 5 aromatic rings. The lowest BCUT2D eigenvalue weighted by atomic mass is 9.97. The number of hydrogen-bond donors (Lipinski definition) is 1. The van der Waals surface area contributed by atoms with Crippen molar-refractivity contribution in [1.82, 2.24) is 4.98 Å². The summed E-state index contributed by atoms with van der Waals surface area (Å²) in [7, 11) is 0. The van der Waals surface area contributed by atoms with E-state index in [1.165, 1.54) is 27.3 Å². The van der Waals surface area contributed by atoms with E-state index in [0.29, 0.717) is 0 Å². The van der Waals surface area contributed by atoms with Gasteiger partial charge in [0.1, 0.15) is 0 Å². The number of aromatic amines is 1. The maximum atomic E-state index is 5.87. The lowest BCUT2D eigenvalue weighted by Gasteiger charge is -2.28. The summed E-state index contributed by atoms with van der Waals surface area (Å²) in [5.74, 6) is 2.80. The summed E-state index contributed by atoms with van der Waals surface area (Å²) < 4.78 is 0. The molecule has 0 radical (unpaired) electrons. The SMILES string of the molecule is C#C/C=C1\C(=C/C)N(c2ccccc2)c2ccccc2-c2c1[nH]c1c2ccc2ccccc21. The number of nitrogens with zero attached hydrogens (tertiary/aromatic N) is 1. The number of terminal acetylenes is 1. The third-order valence-electron chi connectivity index (χ3n) is 6.41. The van der Waals surface area contributed by atoms with Gasteiger partial charge in [-0.25, -0.2) is 0 Å². The van der Waals surface area contributed by atoms with Crippen LogP contribution < -0.4 is 4.90 Å². The highest BCUT2D eigenvalue weighted by Crippen LogP contribution is 2.50. The van der Waals surface area contributed by atoms with E-state index < -0.39 is 0 Å². The Hall–Kier alpha value is -4.48. The maximum Gasteiger partial charge on any atom is 0.0573 e. The number of anilines is 2. The van der Waals surface area contributed by atoms with Gasteiger partial charge in [-0.3, -0.25) is 0 Å². The van der Waals surface area contributed by atoms with Crippen LogP contribution in [0.2, 0.25) is 0 Å². The Bertz CT molecular complexity index is 1620. The third kappa shape index (κ3) is 2.83. The van der Waals surface area contributed by atoms with E-state index in [9.17, 15) is 0 Å². The number of fused-ring (bicyclic) bond motifs is 7. The van der Waals surface area contributed by atoms with Gasteiger partial charge in [0.15, 0.2) is 0 Å². The van der Waals surface area contributed by atoms with E-state index >= 15 is 0 Å². The van der Waals surface area contributed by atoms with Crippen molar-refractivity contribution >= 4 is 38.6 Å². The molecule has 1 N–H and O–H groups in total. The van der Waals surface area contributed by atoms with Crippen LogP contribution in [0.3, 0.4) is 0 Å². The zero-order chi connectivity index (χ0) is 22.4. The first-order valence-electron chi connectivity index (χ1n) is 11.1. The van der Waals surface area contributed by atoms with Gasteiger partial charge in [0, 0.05) is 33.2 Å². The number of allylic oxidation sites excluding steroid dienone is 3. The Morgan fingerprint density at radius 1 is 0.818 bits per heavy atom. The van der Waals surface area contributed by atoms with Crippen LogP contribution in [-0.2, 0) is 0 Å². The van der Waals surface area contributed by atoms with Crippen LogP contribution in [0.25, 0.3) is 38.4 Å². The second-order valence-electron chi connectivity index (χ2n) is 8.17. The Labute approximate surface area is 193 Å². The van der Waals surface area contributed by atoms with Gasteiger partial charge < -0.3 is 9.88 Å². The summed E-state index contributed by atoms with van der Waals surface area (Å²) in [4.78, 5) is 6.08. The second-order valence-corrected chi connectivity index (χ2v) is 8.17. The minimum atomic E-state index is 1.01. The topological polar surface area (TPSA) is 19.0 Å². The van der Waals surface area contributed by atoms with Crippen molar-refractivity contribution in [2.24, 2.45) is 0 Å². The van der Waals surface area contributed by atoms with Crippen LogP contribution in [0.1, 0.15) is 12.6 Å². The molecule has 156 valence electrons. The van der Waals surface area contributed by atoms with Crippen molar-refractivity contribution in [2.45, 2.75) is 6.92 Å². The zero-order valence-electron chi connectivity index (χ0n) is 18.3. The van der Waals surface area contributed by atoms with Crippen LogP contribution >= 0.6 is 0 Å². The molecule has 2 nitrogen and oxygen atoms in total. The number of H-pyrrole nitrogens is 1. The lowest BCUT2D eigenvalue weighted by molar-refractivity contribution is 1.21. The molecule has 0 aliphatic carbocycles. The van der Waals surface area contributed by atoms with Gasteiger partial charge in [-0.05, 0) is 36.6 Å². The van der Waals surface area contributed by atoms with Crippen LogP contribution in [0.5, 0.6) is 0 Å². The van der Waals surface area contributed by atoms with E-state index in [1.54, 1.807) is 0 Å². The van der Waals surface area contributed by atoms with Crippen LogP contribution in [0, 0.1) is 12.3 Å². The van der Waals surface area contributed by atoms with Gasteiger partial charge in [0.05, 0.1) is 22.6 Å². The van der Waals surface area contributed by atoms with Crippen LogP contribution in [-0.4, -0.2) is 4.98 Å². The van der Waals surface area contributed by atoms with Gasteiger partial charge in [-0.2, -0.15) is 0 Å². The highest BCUT2D eigenvalue weighted by Gasteiger charge is 2.30. The molecule has 6 rings (SSSR count). The Kier molecular flexibility index (Phi) is 4.42. The summed E-state index contributed by atoms with van der Waals surface area (Å²) in [5, 5.41) is 3.63. The normalized spacial score (nSPS) is 15.5. The van der Waals surface area contributed by atoms with Crippen molar-refractivity contribution in [3.63, 3.8) is 0 Å². The van der Waals surface area contributed by atoms with Crippen LogP contribution in [0.15, 0.2) is 109 Å². The van der Waals surface area contributed by atoms with Gasteiger partial charge in [-0.15, -0.1) is 6.42 Å². The number of rotatable bonds is 1. The molecule has 0 amide bonds. The molecule has 2 heteroatoms. The molecule has 0 unspecified atom stereocenters. The first kappa shape index (κ1) is 19.2. The minimum Gasteiger partial charge on any atom is -0.353 e. The first-order valence-corrected chi connectivity index (χ1v) is 11.1. The molecular formula is C31H22N2. The molecule has 1 aliphatic heterocycles. The number of aromatic nitrogens is 1. The molecule has 4 aromatic carbocycles. The van der Waals surface area contributed by atoms with Gasteiger partial charge in [0.25, 0.3) is 0 Å². The second kappa shape index (κ2) is 7.58. The molecule has 1 aliphatic rings. The molecule has 0 bridgehead atoms. The van der Waals surface area contributed by atoms with Crippen molar-refractivity contribution in [1.29, 1.82) is 0 Å². The fraction of sp³-hybridized carbons (Fsp3) is 0.0323. The number of hydrogen-bond acceptors (Lipinski definition) is 1. The van der Waals surface area contributed by atoms with E-state index in [-0.39, 0.29) is 0 Å². The van der Waals surface area contributed by atoms with Crippen molar-refractivity contribution in [3.8, 4) is 23.5 Å². The quantitative estimate of drug-likeness (QED) is 0.271. The molecule has 0 atom stereocenters. The Morgan fingerprint density at radius 3 is 2.39 bits per heavy atom. The molecule has 0 fully saturated rings. The predicted octanol–water partition coefficient (Wildman–Crippen LogP) is 8.06. The number of para-hydroxylation sites is 2. The van der Waals surface area contributed by atoms with Crippen molar-refractivity contribution < 1.29 is 0 Å². The average molecular weight is 423 g/mol. The number of benzene rings is 4. The van der Waals surface area contributed by atoms with E-state index in [0.717, 1.165) is 33.9 Å². The van der Waals surface area contributed by atoms with Gasteiger partial charge in [-0.1, -0.05) is 84.8 Å². The summed E-state index contributed by atoms with van der Waals surface area (Å²) in [6, 6.07) is 32.0. The van der Waals surface area contributed by atoms with E-state index in [2.05, 4.69) is 114 Å². The highest BCUT2D eigenvalue weighted by atomic mass is 15.2. The average Bonchev–Trinajstić information content (AvgIpc) is 3.21. The van der Waals surface area contributed by atoms with Crippen molar-refractivity contribution in [3.05, 3.63) is 115 Å². The smallest absolute Gasteiger partial charge is 0.0573 e. The van der Waals surface area contributed by atoms with E-state index in [4.69, 9.17) is 6.42 Å². The van der Waals surface area contributed by atoms with Crippen LogP contribution in [0.4, 0.5) is 11.4 Å². The summed E-state index contributed by atoms with van der Waals surface area (Å²) in [6.07, 6.45) is 9.90. The van der Waals surface area contributed by atoms with Crippen molar-refractivity contribution in [2.75, 3.05) is 4.90 Å². The molecule has 0 saturated carbocycles. The zero-order valence-corrected chi connectivity index (χ0v) is 18.3. The van der Waals surface area contributed by atoms with Gasteiger partial charge in [0.2, 0.25) is 0 Å². The molecule has 1 aromatic heterocycles. The standard InChI is InChI=1S/C31H22N2/c1-3-12-25-27(4-2)33(22-14-6-5-7-15-22)28-18-11-10-17-24(28)29-26-20-19-21-13-8-9-16-23(21)30(26)32-31(25)29/h1,4-20,32H,2H3/b25-12+,27-4+. The lowest BCUT2D eigenvalue weighted by Crippen LogP contribution is -2.17. The van der Waals surface area contributed by atoms with Gasteiger partial charge >= 0.3 is 0 Å². The fourth-order valence-electron chi connectivity index (χ4n) is 5.05. The Morgan fingerprint density at radius 2 is 1.58 bits per heavy atom. The first-order chi connectivity index (χ1) is 16.3. The monoisotopic (exact) mass is 422 g/mol. The molecule has 0 spiro atoms. The predicted molar refractivity (Wildman–Crippen MR) is 140 cm³/mol. The molecule has 33 heavy (non-hydrogen) atoms. The number of nitrogens with one attached hydrogen (secondary N) is 1. The Balaban J connectivity index is 1.79. The molecule has 2 heterocycles. The molecular weight excluding hydrogens is 400 g/mol. The summed E-state index contributed by atoms with van der Waals surface area (Å²) >= 11 is 0. The summed E-state index contributed by atoms with van der Waals surface area (Å²) in [5.41, 5.74) is 8.85. The summed E-state index contributed by atoms with van der Waals surface area (Å²) in [6.45, 7) is 2.07. The fourth-order valence-corrected chi connectivity index (χ4v) is 5.05. The minimum absolute atomic E-state index is 1.01. The largest absolute Gasteiger partial charge is 0.353 e. The molecule has 0 saturated heterocycles.